The topological polar surface area (TPSA) is 17.1 Å². The fraction of sp³-hybridized carbons (Fsp3) is 0.812. The van der Waals surface area contributed by atoms with E-state index in [-0.39, 0.29) is 11.3 Å². The maximum absolute atomic E-state index is 12.5. The van der Waals surface area contributed by atoms with E-state index in [0.29, 0.717) is 17.6 Å². The zero-order chi connectivity index (χ0) is 13.2. The van der Waals surface area contributed by atoms with E-state index in [2.05, 4.69) is 47.6 Å². The van der Waals surface area contributed by atoms with Gasteiger partial charge in [-0.05, 0) is 37.0 Å². The molecule has 0 heterocycles. The van der Waals surface area contributed by atoms with Crippen molar-refractivity contribution in [3.05, 3.63) is 11.6 Å². The minimum atomic E-state index is 0.145. The zero-order valence-electron chi connectivity index (χ0n) is 12.3. The van der Waals surface area contributed by atoms with Crippen molar-refractivity contribution in [3.63, 3.8) is 0 Å². The predicted octanol–water partition coefficient (Wildman–Crippen LogP) is 4.62. The van der Waals surface area contributed by atoms with Gasteiger partial charge in [-0.3, -0.25) is 4.79 Å². The van der Waals surface area contributed by atoms with E-state index in [0.717, 1.165) is 19.3 Å². The van der Waals surface area contributed by atoms with Gasteiger partial charge in [0.2, 0.25) is 0 Å². The molecular weight excluding hydrogens is 208 g/mol. The number of carbonyl (C=O) groups excluding carboxylic acids is 1. The molecule has 0 bridgehead atoms. The summed E-state index contributed by atoms with van der Waals surface area (Å²) in [4.78, 5) is 12.5. The lowest BCUT2D eigenvalue weighted by Crippen LogP contribution is -2.35. The van der Waals surface area contributed by atoms with Crippen LogP contribution in [0.1, 0.15) is 60.8 Å². The second-order valence-corrected chi connectivity index (χ2v) is 6.80. The van der Waals surface area contributed by atoms with Gasteiger partial charge in [-0.1, -0.05) is 46.3 Å². The number of carbonyl (C=O) groups is 1. The molecule has 0 aliphatic heterocycles. The molecule has 0 N–H and O–H groups in total. The maximum Gasteiger partial charge on any atom is 0.140 e. The summed E-state index contributed by atoms with van der Waals surface area (Å²) in [7, 11) is 0. The second-order valence-electron chi connectivity index (χ2n) is 6.80. The highest BCUT2D eigenvalue weighted by Gasteiger charge is 2.37. The van der Waals surface area contributed by atoms with E-state index in [1.54, 1.807) is 0 Å². The van der Waals surface area contributed by atoms with E-state index in [4.69, 9.17) is 0 Å². The van der Waals surface area contributed by atoms with Crippen LogP contribution in [-0.2, 0) is 4.79 Å². The summed E-state index contributed by atoms with van der Waals surface area (Å²) in [6.07, 6.45) is 5.25. The summed E-state index contributed by atoms with van der Waals surface area (Å²) in [6, 6.07) is 0. The van der Waals surface area contributed by atoms with Crippen molar-refractivity contribution in [2.45, 2.75) is 60.8 Å². The van der Waals surface area contributed by atoms with Gasteiger partial charge in [-0.25, -0.2) is 0 Å². The van der Waals surface area contributed by atoms with Gasteiger partial charge in [0, 0.05) is 12.3 Å². The molecule has 0 aromatic carbocycles. The Hall–Kier alpha value is -0.590. The van der Waals surface area contributed by atoms with Crippen LogP contribution in [0.4, 0.5) is 0 Å². The lowest BCUT2D eigenvalue weighted by molar-refractivity contribution is -0.126. The van der Waals surface area contributed by atoms with Gasteiger partial charge >= 0.3 is 0 Å². The molecule has 2 unspecified atom stereocenters. The maximum atomic E-state index is 12.5. The Labute approximate surface area is 107 Å². The molecule has 0 aromatic heterocycles. The van der Waals surface area contributed by atoms with Crippen LogP contribution < -0.4 is 0 Å². The van der Waals surface area contributed by atoms with Crippen LogP contribution in [0.5, 0.6) is 0 Å². The quantitative estimate of drug-likeness (QED) is 0.651. The van der Waals surface area contributed by atoms with Crippen molar-refractivity contribution in [1.29, 1.82) is 0 Å². The number of hydrogen-bond donors (Lipinski definition) is 0. The molecule has 0 saturated carbocycles. The fourth-order valence-electron chi connectivity index (χ4n) is 2.91. The number of rotatable bonds is 4. The number of Topliss-reactive ketones (excluding diaryl/α,β-unsaturated/α-hetero) is 1. The molecule has 0 fully saturated rings. The van der Waals surface area contributed by atoms with E-state index >= 15 is 0 Å². The molecule has 0 amide bonds. The molecule has 1 aliphatic rings. The SMILES string of the molecule is CC1=CCCC(C)(C)C1C(=O)CC(C)C(C)C. The van der Waals surface area contributed by atoms with Gasteiger partial charge in [0.15, 0.2) is 0 Å². The van der Waals surface area contributed by atoms with Gasteiger partial charge < -0.3 is 0 Å². The Kier molecular flexibility index (Phi) is 4.57. The Balaban J connectivity index is 2.79. The summed E-state index contributed by atoms with van der Waals surface area (Å²) in [5.74, 6) is 1.69. The van der Waals surface area contributed by atoms with Gasteiger partial charge in [-0.15, -0.1) is 0 Å². The van der Waals surface area contributed by atoms with Crippen molar-refractivity contribution in [2.75, 3.05) is 0 Å². The molecule has 0 spiro atoms. The van der Waals surface area contributed by atoms with Crippen molar-refractivity contribution in [3.8, 4) is 0 Å². The number of hydrogen-bond acceptors (Lipinski definition) is 1. The Morgan fingerprint density at radius 1 is 1.41 bits per heavy atom. The molecule has 2 atom stereocenters. The van der Waals surface area contributed by atoms with Crippen molar-refractivity contribution >= 4 is 5.78 Å². The lowest BCUT2D eigenvalue weighted by Gasteiger charge is -2.38. The van der Waals surface area contributed by atoms with E-state index in [1.165, 1.54) is 5.57 Å². The van der Waals surface area contributed by atoms with Crippen LogP contribution in [0.3, 0.4) is 0 Å². The molecule has 98 valence electrons. The first kappa shape index (κ1) is 14.5. The third kappa shape index (κ3) is 3.43. The Bertz CT molecular complexity index is 309. The minimum absolute atomic E-state index is 0.145. The third-order valence-electron chi connectivity index (χ3n) is 4.48. The van der Waals surface area contributed by atoms with Crippen molar-refractivity contribution in [1.82, 2.24) is 0 Å². The Morgan fingerprint density at radius 2 is 2.00 bits per heavy atom. The normalized spacial score (nSPS) is 25.6. The summed E-state index contributed by atoms with van der Waals surface area (Å²) in [5, 5.41) is 0. The highest BCUT2D eigenvalue weighted by Crippen LogP contribution is 2.42. The molecule has 1 aliphatic carbocycles. The van der Waals surface area contributed by atoms with Crippen LogP contribution in [-0.4, -0.2) is 5.78 Å². The van der Waals surface area contributed by atoms with Crippen LogP contribution in [0, 0.1) is 23.2 Å². The monoisotopic (exact) mass is 236 g/mol. The standard InChI is InChI=1S/C16H28O/c1-11(2)13(4)10-14(17)15-12(3)8-7-9-16(15,5)6/h8,11,13,15H,7,9-10H2,1-6H3. The molecule has 0 aromatic rings. The lowest BCUT2D eigenvalue weighted by atomic mass is 9.65. The average Bonchev–Trinajstić information content (AvgIpc) is 2.15. The fourth-order valence-corrected chi connectivity index (χ4v) is 2.91. The van der Waals surface area contributed by atoms with Gasteiger partial charge in [0.05, 0.1) is 0 Å². The number of allylic oxidation sites excluding steroid dienone is 2. The first-order valence-corrected chi connectivity index (χ1v) is 6.95. The van der Waals surface area contributed by atoms with Gasteiger partial charge in [0.1, 0.15) is 5.78 Å². The largest absolute Gasteiger partial charge is 0.299 e. The number of ketones is 1. The molecule has 0 saturated heterocycles. The third-order valence-corrected chi connectivity index (χ3v) is 4.48. The second kappa shape index (κ2) is 5.37. The van der Waals surface area contributed by atoms with Crippen LogP contribution >= 0.6 is 0 Å². The van der Waals surface area contributed by atoms with E-state index in [1.807, 2.05) is 0 Å². The Morgan fingerprint density at radius 3 is 2.47 bits per heavy atom. The molecule has 1 heteroatoms. The minimum Gasteiger partial charge on any atom is -0.299 e. The van der Waals surface area contributed by atoms with Crippen molar-refractivity contribution in [2.24, 2.45) is 23.2 Å². The first-order valence-electron chi connectivity index (χ1n) is 6.95. The van der Waals surface area contributed by atoms with Crippen molar-refractivity contribution < 1.29 is 4.79 Å². The van der Waals surface area contributed by atoms with Crippen LogP contribution in [0.15, 0.2) is 11.6 Å². The molecule has 1 rings (SSSR count). The zero-order valence-corrected chi connectivity index (χ0v) is 12.3. The summed E-state index contributed by atoms with van der Waals surface area (Å²) in [5.41, 5.74) is 1.44. The molecule has 1 nitrogen and oxygen atoms in total. The molecular formula is C16H28O. The average molecular weight is 236 g/mol. The predicted molar refractivity (Wildman–Crippen MR) is 73.9 cm³/mol. The molecule has 17 heavy (non-hydrogen) atoms. The van der Waals surface area contributed by atoms with E-state index < -0.39 is 0 Å². The highest BCUT2D eigenvalue weighted by atomic mass is 16.1. The highest BCUT2D eigenvalue weighted by molar-refractivity contribution is 5.84. The van der Waals surface area contributed by atoms with E-state index in [9.17, 15) is 4.79 Å². The summed E-state index contributed by atoms with van der Waals surface area (Å²) in [6.45, 7) is 13.2. The first-order chi connectivity index (χ1) is 7.75. The summed E-state index contributed by atoms with van der Waals surface area (Å²) < 4.78 is 0. The van der Waals surface area contributed by atoms with Crippen LogP contribution in [0.25, 0.3) is 0 Å². The van der Waals surface area contributed by atoms with Crippen LogP contribution in [0.2, 0.25) is 0 Å². The van der Waals surface area contributed by atoms with Gasteiger partial charge in [-0.2, -0.15) is 0 Å². The molecule has 0 radical (unpaired) electrons. The summed E-state index contributed by atoms with van der Waals surface area (Å²) >= 11 is 0. The van der Waals surface area contributed by atoms with Gasteiger partial charge in [0.25, 0.3) is 0 Å². The smallest absolute Gasteiger partial charge is 0.140 e.